The van der Waals surface area contributed by atoms with Gasteiger partial charge in [0.05, 0.1) is 5.69 Å². The van der Waals surface area contributed by atoms with E-state index < -0.39 is 0 Å². The van der Waals surface area contributed by atoms with Gasteiger partial charge in [-0.25, -0.2) is 9.18 Å². The standard InChI is InChI=1S/C17H22FN3O2/c1-19-16(22)12-3-6-14(7-4-12)20-17(23)21-9-8-11-2-5-13(18)10-15(11)21/h2,5,10,12,14H,3-4,6-9H2,1H3,(H,19,22)(H,20,23). The number of urea groups is 1. The molecule has 5 nitrogen and oxygen atoms in total. The van der Waals surface area contributed by atoms with Gasteiger partial charge in [0.1, 0.15) is 5.82 Å². The third kappa shape index (κ3) is 3.30. The molecule has 0 radical (unpaired) electrons. The van der Waals surface area contributed by atoms with Gasteiger partial charge in [-0.05, 0) is 49.8 Å². The fraction of sp³-hybridized carbons (Fsp3) is 0.529. The molecule has 1 aliphatic heterocycles. The van der Waals surface area contributed by atoms with Crippen LogP contribution in [0, 0.1) is 11.7 Å². The number of anilines is 1. The minimum absolute atomic E-state index is 0.0507. The van der Waals surface area contributed by atoms with E-state index in [0.717, 1.165) is 37.7 Å². The number of nitrogens with zero attached hydrogens (tertiary/aromatic N) is 1. The normalized spacial score (nSPS) is 23.3. The maximum Gasteiger partial charge on any atom is 0.322 e. The van der Waals surface area contributed by atoms with Gasteiger partial charge in [0.25, 0.3) is 0 Å². The minimum Gasteiger partial charge on any atom is -0.359 e. The van der Waals surface area contributed by atoms with Gasteiger partial charge in [-0.15, -0.1) is 0 Å². The highest BCUT2D eigenvalue weighted by Gasteiger charge is 2.30. The number of amides is 3. The van der Waals surface area contributed by atoms with Crippen molar-refractivity contribution < 1.29 is 14.0 Å². The minimum atomic E-state index is -0.325. The summed E-state index contributed by atoms with van der Waals surface area (Å²) in [6, 6.07) is 4.51. The van der Waals surface area contributed by atoms with Crippen LogP contribution < -0.4 is 15.5 Å². The van der Waals surface area contributed by atoms with Crippen LogP contribution >= 0.6 is 0 Å². The molecule has 1 heterocycles. The maximum absolute atomic E-state index is 13.4. The number of nitrogens with one attached hydrogen (secondary N) is 2. The van der Waals surface area contributed by atoms with E-state index in [-0.39, 0.29) is 29.7 Å². The predicted molar refractivity (Wildman–Crippen MR) is 85.8 cm³/mol. The summed E-state index contributed by atoms with van der Waals surface area (Å²) in [5.41, 5.74) is 1.67. The van der Waals surface area contributed by atoms with E-state index in [0.29, 0.717) is 12.2 Å². The Labute approximate surface area is 135 Å². The lowest BCUT2D eigenvalue weighted by Gasteiger charge is -2.29. The number of hydrogen-bond donors (Lipinski definition) is 2. The third-order valence-electron chi connectivity index (χ3n) is 4.86. The Morgan fingerprint density at radius 3 is 2.65 bits per heavy atom. The molecule has 0 atom stereocenters. The molecule has 0 saturated heterocycles. The fourth-order valence-corrected chi connectivity index (χ4v) is 3.52. The highest BCUT2D eigenvalue weighted by Crippen LogP contribution is 2.29. The number of rotatable bonds is 2. The van der Waals surface area contributed by atoms with E-state index in [9.17, 15) is 14.0 Å². The molecule has 2 aliphatic rings. The number of benzene rings is 1. The molecule has 3 rings (SSSR count). The summed E-state index contributed by atoms with van der Waals surface area (Å²) in [6.07, 6.45) is 3.93. The van der Waals surface area contributed by atoms with Crippen molar-refractivity contribution in [1.29, 1.82) is 0 Å². The molecular formula is C17H22FN3O2. The molecule has 3 amide bonds. The predicted octanol–water partition coefficient (Wildman–Crippen LogP) is 2.20. The SMILES string of the molecule is CNC(=O)C1CCC(NC(=O)N2CCc3ccc(F)cc32)CC1. The summed E-state index contributed by atoms with van der Waals surface area (Å²) in [4.78, 5) is 25.7. The van der Waals surface area contributed by atoms with Gasteiger partial charge in [0.2, 0.25) is 5.91 Å². The monoisotopic (exact) mass is 319 g/mol. The average Bonchev–Trinajstić information content (AvgIpc) is 2.98. The van der Waals surface area contributed by atoms with Crippen LogP contribution in [0.15, 0.2) is 18.2 Å². The first-order chi connectivity index (χ1) is 11.1. The largest absolute Gasteiger partial charge is 0.359 e. The van der Waals surface area contributed by atoms with Crippen LogP contribution in [0.1, 0.15) is 31.2 Å². The number of carbonyl (C=O) groups excluding carboxylic acids is 2. The molecule has 124 valence electrons. The number of fused-ring (bicyclic) bond motifs is 1. The Kier molecular flexibility index (Phi) is 4.50. The van der Waals surface area contributed by atoms with Crippen molar-refractivity contribution in [3.63, 3.8) is 0 Å². The first-order valence-corrected chi connectivity index (χ1v) is 8.16. The molecule has 1 saturated carbocycles. The maximum atomic E-state index is 13.4. The molecule has 1 fully saturated rings. The average molecular weight is 319 g/mol. The van der Waals surface area contributed by atoms with Crippen LogP contribution in [-0.4, -0.2) is 31.6 Å². The molecule has 1 aromatic rings. The van der Waals surface area contributed by atoms with Crippen molar-refractivity contribution in [3.05, 3.63) is 29.6 Å². The Morgan fingerprint density at radius 2 is 1.96 bits per heavy atom. The zero-order chi connectivity index (χ0) is 16.4. The molecule has 1 aliphatic carbocycles. The Morgan fingerprint density at radius 1 is 1.22 bits per heavy atom. The van der Waals surface area contributed by atoms with E-state index in [1.807, 2.05) is 0 Å². The van der Waals surface area contributed by atoms with Gasteiger partial charge in [-0.2, -0.15) is 0 Å². The molecule has 23 heavy (non-hydrogen) atoms. The van der Waals surface area contributed by atoms with Gasteiger partial charge in [-0.3, -0.25) is 9.69 Å². The molecule has 0 aromatic heterocycles. The highest BCUT2D eigenvalue weighted by molar-refractivity contribution is 5.94. The van der Waals surface area contributed by atoms with E-state index in [2.05, 4.69) is 10.6 Å². The first-order valence-electron chi connectivity index (χ1n) is 8.16. The van der Waals surface area contributed by atoms with Crippen molar-refractivity contribution >= 4 is 17.6 Å². The summed E-state index contributed by atoms with van der Waals surface area (Å²) < 4.78 is 13.4. The Balaban J connectivity index is 1.57. The lowest BCUT2D eigenvalue weighted by molar-refractivity contribution is -0.125. The quantitative estimate of drug-likeness (QED) is 0.878. The first kappa shape index (κ1) is 15.8. The van der Waals surface area contributed by atoms with Gasteiger partial charge in [0.15, 0.2) is 0 Å². The van der Waals surface area contributed by atoms with Crippen molar-refractivity contribution in [3.8, 4) is 0 Å². The summed E-state index contributed by atoms with van der Waals surface area (Å²) >= 11 is 0. The van der Waals surface area contributed by atoms with Crippen LogP contribution in [0.2, 0.25) is 0 Å². The van der Waals surface area contributed by atoms with Crippen LogP contribution in [0.5, 0.6) is 0 Å². The second-order valence-corrected chi connectivity index (χ2v) is 6.29. The van der Waals surface area contributed by atoms with Gasteiger partial charge in [0, 0.05) is 25.6 Å². The van der Waals surface area contributed by atoms with Crippen LogP contribution in [0.4, 0.5) is 14.9 Å². The van der Waals surface area contributed by atoms with Crippen molar-refractivity contribution in [2.45, 2.75) is 38.1 Å². The number of hydrogen-bond acceptors (Lipinski definition) is 2. The van der Waals surface area contributed by atoms with Gasteiger partial charge < -0.3 is 10.6 Å². The summed E-state index contributed by atoms with van der Waals surface area (Å²) in [5, 5.41) is 5.71. The van der Waals surface area contributed by atoms with E-state index in [4.69, 9.17) is 0 Å². The van der Waals surface area contributed by atoms with Crippen LogP contribution in [0.25, 0.3) is 0 Å². The summed E-state index contributed by atoms with van der Waals surface area (Å²) in [7, 11) is 1.65. The van der Waals surface area contributed by atoms with Crippen molar-refractivity contribution in [1.82, 2.24) is 10.6 Å². The molecule has 0 bridgehead atoms. The molecule has 2 N–H and O–H groups in total. The third-order valence-corrected chi connectivity index (χ3v) is 4.86. The van der Waals surface area contributed by atoms with E-state index >= 15 is 0 Å². The fourth-order valence-electron chi connectivity index (χ4n) is 3.52. The van der Waals surface area contributed by atoms with E-state index in [1.165, 1.54) is 12.1 Å². The molecule has 6 heteroatoms. The van der Waals surface area contributed by atoms with Crippen molar-refractivity contribution in [2.24, 2.45) is 5.92 Å². The Bertz CT molecular complexity index is 612. The van der Waals surface area contributed by atoms with Crippen molar-refractivity contribution in [2.75, 3.05) is 18.5 Å². The smallest absolute Gasteiger partial charge is 0.322 e. The lowest BCUT2D eigenvalue weighted by atomic mass is 9.85. The van der Waals surface area contributed by atoms with E-state index in [1.54, 1.807) is 18.0 Å². The topological polar surface area (TPSA) is 61.4 Å². The van der Waals surface area contributed by atoms with Gasteiger partial charge in [-0.1, -0.05) is 6.07 Å². The second-order valence-electron chi connectivity index (χ2n) is 6.29. The molecule has 0 spiro atoms. The highest BCUT2D eigenvalue weighted by atomic mass is 19.1. The number of halogens is 1. The number of carbonyl (C=O) groups is 2. The zero-order valence-corrected chi connectivity index (χ0v) is 13.3. The van der Waals surface area contributed by atoms with Crippen LogP contribution in [0.3, 0.4) is 0 Å². The molecule has 1 aromatic carbocycles. The zero-order valence-electron chi connectivity index (χ0n) is 13.3. The van der Waals surface area contributed by atoms with Gasteiger partial charge >= 0.3 is 6.03 Å². The summed E-state index contributed by atoms with van der Waals surface area (Å²) in [5.74, 6) is -0.192. The second kappa shape index (κ2) is 6.56. The Hall–Kier alpha value is -2.11. The summed E-state index contributed by atoms with van der Waals surface area (Å²) in [6.45, 7) is 0.582. The molecular weight excluding hydrogens is 297 g/mol. The molecule has 0 unspecified atom stereocenters. The lowest BCUT2D eigenvalue weighted by Crippen LogP contribution is -2.46. The van der Waals surface area contributed by atoms with Crippen LogP contribution in [-0.2, 0) is 11.2 Å².